The van der Waals surface area contributed by atoms with E-state index >= 15 is 0 Å². The van der Waals surface area contributed by atoms with E-state index < -0.39 is 17.7 Å². The van der Waals surface area contributed by atoms with Crippen molar-refractivity contribution in [2.75, 3.05) is 20.3 Å². The summed E-state index contributed by atoms with van der Waals surface area (Å²) in [4.78, 5) is 12.0. The number of aliphatic hydroxyl groups is 1. The van der Waals surface area contributed by atoms with Crippen LogP contribution in [0.1, 0.15) is 24.5 Å². The Morgan fingerprint density at radius 3 is 2.80 bits per heavy atom. The minimum Gasteiger partial charge on any atom is -0.512 e. The average Bonchev–Trinajstić information content (AvgIpc) is 3.13. The SMILES string of the molecule is COC(=O)C1=C(O)CCC2(OCCO2)C1c1ccco1. The Labute approximate surface area is 115 Å². The van der Waals surface area contributed by atoms with E-state index in [1.165, 1.54) is 13.4 Å². The number of furan rings is 1. The van der Waals surface area contributed by atoms with E-state index in [1.807, 2.05) is 0 Å². The number of rotatable bonds is 2. The van der Waals surface area contributed by atoms with Crippen molar-refractivity contribution in [3.05, 3.63) is 35.5 Å². The Morgan fingerprint density at radius 2 is 2.20 bits per heavy atom. The van der Waals surface area contributed by atoms with E-state index in [4.69, 9.17) is 18.6 Å². The van der Waals surface area contributed by atoms with Crippen LogP contribution >= 0.6 is 0 Å². The molecule has 0 amide bonds. The molecule has 1 saturated heterocycles. The maximum absolute atomic E-state index is 12.0. The van der Waals surface area contributed by atoms with Crippen LogP contribution < -0.4 is 0 Å². The van der Waals surface area contributed by atoms with Crippen molar-refractivity contribution in [3.63, 3.8) is 0 Å². The molecule has 6 nitrogen and oxygen atoms in total. The number of esters is 1. The van der Waals surface area contributed by atoms with Gasteiger partial charge in [-0.1, -0.05) is 0 Å². The molecule has 2 heterocycles. The van der Waals surface area contributed by atoms with Crippen LogP contribution in [0.15, 0.2) is 34.1 Å². The lowest BCUT2D eigenvalue weighted by molar-refractivity contribution is -0.184. The first-order valence-electron chi connectivity index (χ1n) is 6.49. The third-order valence-electron chi connectivity index (χ3n) is 3.76. The molecule has 1 aromatic rings. The van der Waals surface area contributed by atoms with Gasteiger partial charge in [0.1, 0.15) is 17.4 Å². The van der Waals surface area contributed by atoms with E-state index in [1.54, 1.807) is 12.1 Å². The fourth-order valence-electron chi connectivity index (χ4n) is 2.90. The van der Waals surface area contributed by atoms with Crippen LogP contribution in [0.3, 0.4) is 0 Å². The quantitative estimate of drug-likeness (QED) is 0.833. The number of allylic oxidation sites excluding steroid dienone is 1. The van der Waals surface area contributed by atoms with Crippen molar-refractivity contribution in [1.82, 2.24) is 0 Å². The van der Waals surface area contributed by atoms with Gasteiger partial charge in [0.15, 0.2) is 5.79 Å². The highest BCUT2D eigenvalue weighted by atomic mass is 16.7. The predicted molar refractivity (Wildman–Crippen MR) is 67.0 cm³/mol. The second-order valence-corrected chi connectivity index (χ2v) is 4.81. The molecule has 0 saturated carbocycles. The molecule has 2 aliphatic rings. The molecule has 20 heavy (non-hydrogen) atoms. The summed E-state index contributed by atoms with van der Waals surface area (Å²) in [6.45, 7) is 0.902. The molecule has 3 rings (SSSR count). The van der Waals surface area contributed by atoms with Gasteiger partial charge in [0.05, 0.1) is 32.2 Å². The Kier molecular flexibility index (Phi) is 3.27. The molecule has 0 aromatic carbocycles. The van der Waals surface area contributed by atoms with Gasteiger partial charge in [-0.25, -0.2) is 4.79 Å². The summed E-state index contributed by atoms with van der Waals surface area (Å²) in [6, 6.07) is 3.46. The number of carbonyl (C=O) groups is 1. The first-order chi connectivity index (χ1) is 9.68. The Morgan fingerprint density at radius 1 is 1.45 bits per heavy atom. The molecule has 0 bridgehead atoms. The van der Waals surface area contributed by atoms with Crippen molar-refractivity contribution in [2.24, 2.45) is 0 Å². The molecular weight excluding hydrogens is 264 g/mol. The molecule has 1 spiro atoms. The number of methoxy groups -OCH3 is 1. The molecule has 1 atom stereocenters. The van der Waals surface area contributed by atoms with Crippen molar-refractivity contribution < 1.29 is 28.5 Å². The van der Waals surface area contributed by atoms with E-state index in [2.05, 4.69) is 0 Å². The zero-order valence-electron chi connectivity index (χ0n) is 11.1. The molecular formula is C14H16O6. The summed E-state index contributed by atoms with van der Waals surface area (Å²) < 4.78 is 21.7. The second kappa shape index (κ2) is 4.96. The third-order valence-corrected chi connectivity index (χ3v) is 3.76. The number of carbonyl (C=O) groups excluding carboxylic acids is 1. The van der Waals surface area contributed by atoms with Crippen LogP contribution in [0.25, 0.3) is 0 Å². The van der Waals surface area contributed by atoms with Crippen LogP contribution in [0.4, 0.5) is 0 Å². The molecule has 1 fully saturated rings. The van der Waals surface area contributed by atoms with E-state index in [-0.39, 0.29) is 11.3 Å². The minimum absolute atomic E-state index is 0.00275. The van der Waals surface area contributed by atoms with Crippen molar-refractivity contribution in [1.29, 1.82) is 0 Å². The zero-order valence-corrected chi connectivity index (χ0v) is 11.1. The van der Waals surface area contributed by atoms with Crippen LogP contribution in [-0.4, -0.2) is 37.2 Å². The maximum Gasteiger partial charge on any atom is 0.338 e. The number of aliphatic hydroxyl groups excluding tert-OH is 1. The van der Waals surface area contributed by atoms with Gasteiger partial charge in [-0.2, -0.15) is 0 Å². The highest BCUT2D eigenvalue weighted by molar-refractivity contribution is 5.91. The van der Waals surface area contributed by atoms with Crippen molar-refractivity contribution in [3.8, 4) is 0 Å². The molecule has 1 aliphatic carbocycles. The topological polar surface area (TPSA) is 78.1 Å². The standard InChI is InChI=1S/C14H16O6/c1-17-13(16)11-9(15)4-5-14(19-7-8-20-14)12(11)10-3-2-6-18-10/h2-3,6,12,15H,4-5,7-8H2,1H3. The lowest BCUT2D eigenvalue weighted by Gasteiger charge is -2.38. The smallest absolute Gasteiger partial charge is 0.338 e. The number of hydrogen-bond donors (Lipinski definition) is 1. The molecule has 1 N–H and O–H groups in total. The minimum atomic E-state index is -0.965. The fourth-order valence-corrected chi connectivity index (χ4v) is 2.90. The van der Waals surface area contributed by atoms with Gasteiger partial charge in [0.25, 0.3) is 0 Å². The largest absolute Gasteiger partial charge is 0.512 e. The monoisotopic (exact) mass is 280 g/mol. The summed E-state index contributed by atoms with van der Waals surface area (Å²) in [6.07, 6.45) is 2.28. The van der Waals surface area contributed by atoms with Gasteiger partial charge in [-0.3, -0.25) is 0 Å². The molecule has 1 unspecified atom stereocenters. The van der Waals surface area contributed by atoms with Gasteiger partial charge in [0, 0.05) is 12.8 Å². The summed E-state index contributed by atoms with van der Waals surface area (Å²) in [5.41, 5.74) is 0.149. The van der Waals surface area contributed by atoms with Gasteiger partial charge in [-0.05, 0) is 12.1 Å². The molecule has 6 heteroatoms. The highest BCUT2D eigenvalue weighted by Crippen LogP contribution is 2.48. The highest BCUT2D eigenvalue weighted by Gasteiger charge is 2.53. The number of ether oxygens (including phenoxy) is 3. The first-order valence-corrected chi connectivity index (χ1v) is 6.49. The van der Waals surface area contributed by atoms with Gasteiger partial charge in [0.2, 0.25) is 0 Å². The van der Waals surface area contributed by atoms with Crippen molar-refractivity contribution >= 4 is 5.97 Å². The van der Waals surface area contributed by atoms with Gasteiger partial charge >= 0.3 is 5.97 Å². The Bertz CT molecular complexity index is 524. The maximum atomic E-state index is 12.0. The van der Waals surface area contributed by atoms with E-state index in [0.29, 0.717) is 31.8 Å². The van der Waals surface area contributed by atoms with Gasteiger partial charge in [-0.15, -0.1) is 0 Å². The summed E-state index contributed by atoms with van der Waals surface area (Å²) in [7, 11) is 1.28. The lowest BCUT2D eigenvalue weighted by Crippen LogP contribution is -2.43. The zero-order chi connectivity index (χ0) is 14.2. The van der Waals surface area contributed by atoms with Gasteiger partial charge < -0.3 is 23.7 Å². The normalized spacial score (nSPS) is 25.1. The summed E-state index contributed by atoms with van der Waals surface area (Å²) in [5, 5.41) is 10.1. The number of hydrogen-bond acceptors (Lipinski definition) is 6. The van der Waals surface area contributed by atoms with Crippen molar-refractivity contribution in [2.45, 2.75) is 24.5 Å². The summed E-state index contributed by atoms with van der Waals surface area (Å²) >= 11 is 0. The van der Waals surface area contributed by atoms with E-state index in [9.17, 15) is 9.90 Å². The molecule has 108 valence electrons. The average molecular weight is 280 g/mol. The Balaban J connectivity index is 2.11. The summed E-state index contributed by atoms with van der Waals surface area (Å²) in [5.74, 6) is -1.67. The fraction of sp³-hybridized carbons (Fsp3) is 0.500. The van der Waals surface area contributed by atoms with Crippen LogP contribution in [-0.2, 0) is 19.0 Å². The van der Waals surface area contributed by atoms with Crippen LogP contribution in [0, 0.1) is 0 Å². The molecule has 1 aromatic heterocycles. The third kappa shape index (κ3) is 1.92. The van der Waals surface area contributed by atoms with Crippen LogP contribution in [0.5, 0.6) is 0 Å². The van der Waals surface area contributed by atoms with Crippen LogP contribution in [0.2, 0.25) is 0 Å². The molecule has 0 radical (unpaired) electrons. The second-order valence-electron chi connectivity index (χ2n) is 4.81. The lowest BCUT2D eigenvalue weighted by atomic mass is 9.79. The van der Waals surface area contributed by atoms with E-state index in [0.717, 1.165) is 0 Å². The Hall–Kier alpha value is -1.79. The predicted octanol–water partition coefficient (Wildman–Crippen LogP) is 1.89. The first kappa shape index (κ1) is 13.2. The molecule has 1 aliphatic heterocycles.